The minimum absolute atomic E-state index is 0.192. The molecule has 20 heavy (non-hydrogen) atoms. The van der Waals surface area contributed by atoms with Crippen LogP contribution in [0.25, 0.3) is 0 Å². The van der Waals surface area contributed by atoms with Crippen molar-refractivity contribution in [2.24, 2.45) is 0 Å². The Balaban J connectivity index is 2.29. The Morgan fingerprint density at radius 1 is 1.05 bits per heavy atom. The van der Waals surface area contributed by atoms with Crippen LogP contribution in [0.3, 0.4) is 0 Å². The van der Waals surface area contributed by atoms with E-state index >= 15 is 0 Å². The van der Waals surface area contributed by atoms with Gasteiger partial charge in [0.1, 0.15) is 0 Å². The summed E-state index contributed by atoms with van der Waals surface area (Å²) in [7, 11) is 0. The van der Waals surface area contributed by atoms with Gasteiger partial charge in [-0.2, -0.15) is 0 Å². The number of carbonyl (C=O) groups is 1. The predicted octanol–water partition coefficient (Wildman–Crippen LogP) is 4.22. The van der Waals surface area contributed by atoms with E-state index in [1.165, 1.54) is 5.56 Å². The molecule has 2 nitrogen and oxygen atoms in total. The van der Waals surface area contributed by atoms with Crippen molar-refractivity contribution in [2.75, 3.05) is 0 Å². The molecule has 0 radical (unpaired) electrons. The summed E-state index contributed by atoms with van der Waals surface area (Å²) in [6.07, 6.45) is 0.580. The van der Waals surface area contributed by atoms with Gasteiger partial charge >= 0.3 is 5.97 Å². The maximum atomic E-state index is 11.8. The van der Waals surface area contributed by atoms with Crippen molar-refractivity contribution in [3.05, 3.63) is 71.8 Å². The van der Waals surface area contributed by atoms with Gasteiger partial charge in [0.2, 0.25) is 0 Å². The molecular weight excluding hydrogens is 248 g/mol. The lowest BCUT2D eigenvalue weighted by Crippen LogP contribution is -2.33. The molecule has 0 unspecified atom stereocenters. The summed E-state index contributed by atoms with van der Waals surface area (Å²) in [6, 6.07) is 19.6. The summed E-state index contributed by atoms with van der Waals surface area (Å²) < 4.78 is 0. The van der Waals surface area contributed by atoms with E-state index in [0.717, 1.165) is 5.56 Å². The van der Waals surface area contributed by atoms with E-state index in [9.17, 15) is 9.90 Å². The second kappa shape index (κ2) is 5.91. The number of rotatable bonds is 5. The number of benzene rings is 2. The maximum Gasteiger partial charge on any atom is 0.313 e. The van der Waals surface area contributed by atoms with Gasteiger partial charge in [0.15, 0.2) is 0 Å². The molecule has 2 heteroatoms. The van der Waals surface area contributed by atoms with Crippen LogP contribution >= 0.6 is 0 Å². The first-order valence-corrected chi connectivity index (χ1v) is 6.88. The minimum atomic E-state index is -0.865. The van der Waals surface area contributed by atoms with E-state index in [2.05, 4.69) is 19.1 Å². The number of aliphatic carboxylic acids is 1. The summed E-state index contributed by atoms with van der Waals surface area (Å²) in [5.41, 5.74) is 1.17. The molecule has 2 aromatic carbocycles. The lowest BCUT2D eigenvalue weighted by atomic mass is 9.74. The second-order valence-electron chi connectivity index (χ2n) is 5.52. The molecule has 104 valence electrons. The molecule has 2 rings (SSSR count). The van der Waals surface area contributed by atoms with Crippen molar-refractivity contribution in [1.82, 2.24) is 0 Å². The van der Waals surface area contributed by atoms with Gasteiger partial charge in [0, 0.05) is 0 Å². The van der Waals surface area contributed by atoms with Crippen LogP contribution in [0.2, 0.25) is 0 Å². The first-order chi connectivity index (χ1) is 9.54. The van der Waals surface area contributed by atoms with Crippen molar-refractivity contribution in [2.45, 2.75) is 31.6 Å². The molecule has 0 bridgehead atoms. The Bertz CT molecular complexity index is 562. The molecule has 0 aliphatic carbocycles. The largest absolute Gasteiger partial charge is 0.481 e. The van der Waals surface area contributed by atoms with Gasteiger partial charge in [0.25, 0.3) is 0 Å². The lowest BCUT2D eigenvalue weighted by Gasteiger charge is -2.28. The number of hydrogen-bond acceptors (Lipinski definition) is 1. The molecule has 0 aromatic heterocycles. The molecule has 0 saturated heterocycles. The summed E-state index contributed by atoms with van der Waals surface area (Å²) in [5.74, 6) is -0.580. The van der Waals surface area contributed by atoms with E-state index < -0.39 is 11.4 Å². The summed E-state index contributed by atoms with van der Waals surface area (Å²) >= 11 is 0. The lowest BCUT2D eigenvalue weighted by molar-refractivity contribution is -0.143. The molecule has 2 aromatic rings. The van der Waals surface area contributed by atoms with E-state index in [-0.39, 0.29) is 5.92 Å². The monoisotopic (exact) mass is 268 g/mol. The first-order valence-electron chi connectivity index (χ1n) is 6.88. The fraction of sp³-hybridized carbons (Fsp3) is 0.278. The molecule has 0 heterocycles. The summed E-state index contributed by atoms with van der Waals surface area (Å²) in [4.78, 5) is 11.8. The van der Waals surface area contributed by atoms with E-state index in [0.29, 0.717) is 6.42 Å². The summed E-state index contributed by atoms with van der Waals surface area (Å²) in [5, 5.41) is 9.68. The van der Waals surface area contributed by atoms with Crippen LogP contribution in [0.5, 0.6) is 0 Å². The highest BCUT2D eigenvalue weighted by Crippen LogP contribution is 2.35. The van der Waals surface area contributed by atoms with E-state index in [1.54, 1.807) is 0 Å². The molecule has 0 fully saturated rings. The molecule has 0 spiro atoms. The van der Waals surface area contributed by atoms with Gasteiger partial charge in [-0.3, -0.25) is 4.79 Å². The van der Waals surface area contributed by atoms with Crippen LogP contribution in [-0.2, 0) is 10.2 Å². The smallest absolute Gasteiger partial charge is 0.313 e. The van der Waals surface area contributed by atoms with Crippen molar-refractivity contribution < 1.29 is 9.90 Å². The van der Waals surface area contributed by atoms with Crippen molar-refractivity contribution in [3.8, 4) is 0 Å². The standard InChI is InChI=1S/C18H20O2/c1-14(15-9-5-3-6-10-15)13-18(2,17(19)20)16-11-7-4-8-12-16/h3-12,14H,13H2,1-2H3,(H,19,20)/t14-,18-/m0/s1. The molecule has 0 aliphatic rings. The first kappa shape index (κ1) is 14.3. The highest BCUT2D eigenvalue weighted by Gasteiger charge is 2.36. The van der Waals surface area contributed by atoms with Gasteiger partial charge in [-0.15, -0.1) is 0 Å². The molecule has 0 aliphatic heterocycles. The third-order valence-corrected chi connectivity index (χ3v) is 3.97. The van der Waals surface area contributed by atoms with E-state index in [1.807, 2.05) is 55.5 Å². The average Bonchev–Trinajstić information content (AvgIpc) is 2.48. The maximum absolute atomic E-state index is 11.8. The van der Waals surface area contributed by atoms with Crippen molar-refractivity contribution >= 4 is 5.97 Å². The van der Waals surface area contributed by atoms with Gasteiger partial charge in [-0.25, -0.2) is 0 Å². The highest BCUT2D eigenvalue weighted by molar-refractivity contribution is 5.81. The van der Waals surface area contributed by atoms with Gasteiger partial charge in [0.05, 0.1) is 5.41 Å². The zero-order chi connectivity index (χ0) is 14.6. The Kier molecular flexibility index (Phi) is 4.23. The van der Waals surface area contributed by atoms with Gasteiger partial charge < -0.3 is 5.11 Å². The Labute approximate surface area is 120 Å². The second-order valence-corrected chi connectivity index (χ2v) is 5.52. The summed E-state index contributed by atoms with van der Waals surface area (Å²) in [6.45, 7) is 3.89. The third-order valence-electron chi connectivity index (χ3n) is 3.97. The highest BCUT2D eigenvalue weighted by atomic mass is 16.4. The van der Waals surface area contributed by atoms with Crippen molar-refractivity contribution in [1.29, 1.82) is 0 Å². The van der Waals surface area contributed by atoms with Crippen LogP contribution in [0.1, 0.15) is 37.3 Å². The molecule has 0 saturated carbocycles. The predicted molar refractivity (Wildman–Crippen MR) is 80.9 cm³/mol. The fourth-order valence-electron chi connectivity index (χ4n) is 2.65. The zero-order valence-electron chi connectivity index (χ0n) is 11.9. The zero-order valence-corrected chi connectivity index (χ0v) is 11.9. The van der Waals surface area contributed by atoms with Crippen LogP contribution in [0, 0.1) is 0 Å². The molecule has 0 amide bonds. The van der Waals surface area contributed by atoms with Crippen LogP contribution in [0.4, 0.5) is 0 Å². The Morgan fingerprint density at radius 3 is 2.05 bits per heavy atom. The van der Waals surface area contributed by atoms with Gasteiger partial charge in [-0.1, -0.05) is 67.6 Å². The van der Waals surface area contributed by atoms with Crippen LogP contribution in [-0.4, -0.2) is 11.1 Å². The van der Waals surface area contributed by atoms with E-state index in [4.69, 9.17) is 0 Å². The Morgan fingerprint density at radius 2 is 1.55 bits per heavy atom. The fourth-order valence-corrected chi connectivity index (χ4v) is 2.65. The molecule has 2 atom stereocenters. The molecular formula is C18H20O2. The topological polar surface area (TPSA) is 37.3 Å². The van der Waals surface area contributed by atoms with Crippen LogP contribution in [0.15, 0.2) is 60.7 Å². The quantitative estimate of drug-likeness (QED) is 0.881. The Hall–Kier alpha value is -2.09. The number of hydrogen-bond donors (Lipinski definition) is 1. The normalized spacial score (nSPS) is 15.3. The van der Waals surface area contributed by atoms with Crippen molar-refractivity contribution in [3.63, 3.8) is 0 Å². The molecule has 1 N–H and O–H groups in total. The average molecular weight is 268 g/mol. The number of carboxylic acids is 1. The minimum Gasteiger partial charge on any atom is -0.481 e. The third kappa shape index (κ3) is 2.90. The van der Waals surface area contributed by atoms with Crippen LogP contribution < -0.4 is 0 Å². The van der Waals surface area contributed by atoms with Gasteiger partial charge in [-0.05, 0) is 30.4 Å². The number of carboxylic acid groups (broad SMARTS) is 1. The SMILES string of the molecule is C[C@@H](C[C@](C)(C(=O)O)c1ccccc1)c1ccccc1.